The fourth-order valence-corrected chi connectivity index (χ4v) is 2.32. The minimum Gasteiger partial charge on any atom is -0.383 e. The highest BCUT2D eigenvalue weighted by molar-refractivity contribution is 14.1. The largest absolute Gasteiger partial charge is 0.383 e. The molecule has 0 spiro atoms. The molecule has 0 unspecified atom stereocenters. The zero-order chi connectivity index (χ0) is 12.3. The lowest BCUT2D eigenvalue weighted by Gasteiger charge is -2.06. The van der Waals surface area contributed by atoms with Crippen molar-refractivity contribution in [1.82, 2.24) is 14.8 Å². The molecule has 0 aliphatic rings. The maximum Gasteiger partial charge on any atom is 0.195 e. The van der Waals surface area contributed by atoms with Crippen LogP contribution in [0.4, 0.5) is 0 Å². The van der Waals surface area contributed by atoms with Gasteiger partial charge in [-0.25, -0.2) is 0 Å². The van der Waals surface area contributed by atoms with Crippen LogP contribution in [-0.4, -0.2) is 28.5 Å². The van der Waals surface area contributed by atoms with E-state index in [9.17, 15) is 0 Å². The lowest BCUT2D eigenvalue weighted by atomic mass is 10.2. The van der Waals surface area contributed by atoms with Gasteiger partial charge in [0.05, 0.1) is 13.2 Å². The van der Waals surface area contributed by atoms with Crippen LogP contribution < -0.4 is 0 Å². The Labute approximate surface area is 118 Å². The number of ether oxygens (including phenoxy) is 1. The number of aromatic amines is 1. The van der Waals surface area contributed by atoms with E-state index in [2.05, 4.69) is 38.9 Å². The van der Waals surface area contributed by atoms with Gasteiger partial charge in [0.15, 0.2) is 10.6 Å². The summed E-state index contributed by atoms with van der Waals surface area (Å²) >= 11 is 7.49. The zero-order valence-electron chi connectivity index (χ0n) is 9.31. The van der Waals surface area contributed by atoms with Gasteiger partial charge in [0.2, 0.25) is 0 Å². The predicted molar refractivity (Wildman–Crippen MR) is 77.4 cm³/mol. The van der Waals surface area contributed by atoms with Gasteiger partial charge in [0, 0.05) is 16.2 Å². The van der Waals surface area contributed by atoms with Crippen molar-refractivity contribution in [1.29, 1.82) is 0 Å². The van der Waals surface area contributed by atoms with E-state index in [-0.39, 0.29) is 0 Å². The summed E-state index contributed by atoms with van der Waals surface area (Å²) in [5.41, 5.74) is 1.06. The van der Waals surface area contributed by atoms with E-state index in [4.69, 9.17) is 17.0 Å². The van der Waals surface area contributed by atoms with Gasteiger partial charge < -0.3 is 4.74 Å². The average molecular weight is 361 g/mol. The third kappa shape index (κ3) is 2.93. The molecule has 0 amide bonds. The number of halogens is 1. The molecule has 6 heteroatoms. The van der Waals surface area contributed by atoms with Gasteiger partial charge in [0.25, 0.3) is 0 Å². The highest BCUT2D eigenvalue weighted by Gasteiger charge is 2.08. The molecule has 2 rings (SSSR count). The zero-order valence-corrected chi connectivity index (χ0v) is 12.3. The number of hydrogen-bond acceptors (Lipinski definition) is 3. The van der Waals surface area contributed by atoms with Crippen LogP contribution in [0.15, 0.2) is 24.3 Å². The van der Waals surface area contributed by atoms with E-state index in [1.807, 2.05) is 22.8 Å². The van der Waals surface area contributed by atoms with Crippen LogP contribution in [0, 0.1) is 8.34 Å². The molecule has 4 nitrogen and oxygen atoms in total. The van der Waals surface area contributed by atoms with Crippen LogP contribution >= 0.6 is 34.8 Å². The van der Waals surface area contributed by atoms with Crippen molar-refractivity contribution >= 4 is 34.8 Å². The number of benzene rings is 1. The second kappa shape index (κ2) is 5.74. The third-order valence-electron chi connectivity index (χ3n) is 2.36. The van der Waals surface area contributed by atoms with Crippen molar-refractivity contribution < 1.29 is 4.74 Å². The Morgan fingerprint density at radius 1 is 1.53 bits per heavy atom. The number of H-pyrrole nitrogens is 1. The predicted octanol–water partition coefficient (Wildman–Crippen LogP) is 2.86. The van der Waals surface area contributed by atoms with Crippen molar-refractivity contribution in [3.63, 3.8) is 0 Å². The Balaban J connectivity index is 2.42. The van der Waals surface area contributed by atoms with Gasteiger partial charge >= 0.3 is 0 Å². The van der Waals surface area contributed by atoms with Gasteiger partial charge in [0.1, 0.15) is 0 Å². The molecular formula is C11H12IN3OS. The SMILES string of the molecule is COCCn1c(-c2cccc(I)c2)n[nH]c1=S. The molecular weight excluding hydrogens is 349 g/mol. The quantitative estimate of drug-likeness (QED) is 0.673. The fraction of sp³-hybridized carbons (Fsp3) is 0.273. The summed E-state index contributed by atoms with van der Waals surface area (Å²) in [6.07, 6.45) is 0. The maximum absolute atomic E-state index is 5.21. The molecule has 1 aromatic carbocycles. The molecule has 0 aliphatic heterocycles. The first-order valence-corrected chi connectivity index (χ1v) is 6.61. The lowest BCUT2D eigenvalue weighted by molar-refractivity contribution is 0.187. The van der Waals surface area contributed by atoms with Crippen LogP contribution in [0.3, 0.4) is 0 Å². The summed E-state index contributed by atoms with van der Waals surface area (Å²) < 4.78 is 8.82. The first-order valence-electron chi connectivity index (χ1n) is 5.12. The summed E-state index contributed by atoms with van der Waals surface area (Å²) in [7, 11) is 1.68. The van der Waals surface area contributed by atoms with Gasteiger partial charge in [-0.2, -0.15) is 5.10 Å². The highest BCUT2D eigenvalue weighted by atomic mass is 127. The van der Waals surface area contributed by atoms with Crippen molar-refractivity contribution in [2.75, 3.05) is 13.7 Å². The number of rotatable bonds is 4. The normalized spacial score (nSPS) is 10.7. The van der Waals surface area contributed by atoms with Crippen LogP contribution in [-0.2, 0) is 11.3 Å². The van der Waals surface area contributed by atoms with E-state index in [0.29, 0.717) is 17.9 Å². The minimum absolute atomic E-state index is 0.616. The van der Waals surface area contributed by atoms with Gasteiger partial charge in [-0.05, 0) is 46.9 Å². The van der Waals surface area contributed by atoms with Crippen LogP contribution in [0.1, 0.15) is 0 Å². The molecule has 0 aliphatic carbocycles. The molecule has 1 N–H and O–H groups in total. The smallest absolute Gasteiger partial charge is 0.195 e. The summed E-state index contributed by atoms with van der Waals surface area (Å²) in [5.74, 6) is 0.852. The molecule has 0 bridgehead atoms. The lowest BCUT2D eigenvalue weighted by Crippen LogP contribution is -2.06. The fourth-order valence-electron chi connectivity index (χ4n) is 1.56. The Morgan fingerprint density at radius 2 is 2.35 bits per heavy atom. The highest BCUT2D eigenvalue weighted by Crippen LogP contribution is 2.19. The molecule has 0 atom stereocenters. The number of nitrogens with one attached hydrogen (secondary N) is 1. The Morgan fingerprint density at radius 3 is 3.06 bits per heavy atom. The molecule has 0 saturated carbocycles. The third-order valence-corrected chi connectivity index (χ3v) is 3.34. The number of nitrogens with zero attached hydrogens (tertiary/aromatic N) is 2. The summed E-state index contributed by atoms with van der Waals surface area (Å²) in [6.45, 7) is 1.32. The van der Waals surface area contributed by atoms with Crippen molar-refractivity contribution in [3.05, 3.63) is 32.6 Å². The average Bonchev–Trinajstić information content (AvgIpc) is 2.68. The minimum atomic E-state index is 0.616. The van der Waals surface area contributed by atoms with E-state index < -0.39 is 0 Å². The van der Waals surface area contributed by atoms with Crippen molar-refractivity contribution in [2.45, 2.75) is 6.54 Å². The number of aromatic nitrogens is 3. The van der Waals surface area contributed by atoms with Gasteiger partial charge in [-0.15, -0.1) is 0 Å². The number of hydrogen-bond donors (Lipinski definition) is 1. The van der Waals surface area contributed by atoms with Crippen LogP contribution in [0.25, 0.3) is 11.4 Å². The van der Waals surface area contributed by atoms with E-state index in [0.717, 1.165) is 11.4 Å². The Hall–Kier alpha value is -0.730. The molecule has 17 heavy (non-hydrogen) atoms. The number of methoxy groups -OCH3 is 1. The monoisotopic (exact) mass is 361 g/mol. The van der Waals surface area contributed by atoms with Gasteiger partial charge in [-0.3, -0.25) is 9.67 Å². The molecule has 0 saturated heterocycles. The second-order valence-corrected chi connectivity index (χ2v) is 5.14. The second-order valence-electron chi connectivity index (χ2n) is 3.51. The molecule has 0 fully saturated rings. The molecule has 90 valence electrons. The van der Waals surface area contributed by atoms with Crippen LogP contribution in [0.5, 0.6) is 0 Å². The Bertz CT molecular complexity index is 564. The topological polar surface area (TPSA) is 42.8 Å². The first kappa shape index (κ1) is 12.7. The van der Waals surface area contributed by atoms with E-state index in [1.54, 1.807) is 7.11 Å². The summed E-state index contributed by atoms with van der Waals surface area (Å²) in [4.78, 5) is 0. The standard InChI is InChI=1S/C11H12IN3OS/c1-16-6-5-15-10(13-14-11(15)17)8-3-2-4-9(12)7-8/h2-4,7H,5-6H2,1H3,(H,14,17). The molecule has 2 aromatic rings. The molecule has 1 heterocycles. The molecule has 1 aromatic heterocycles. The van der Waals surface area contributed by atoms with Crippen molar-refractivity contribution in [2.24, 2.45) is 0 Å². The summed E-state index contributed by atoms with van der Waals surface area (Å²) in [5, 5.41) is 7.09. The van der Waals surface area contributed by atoms with Crippen molar-refractivity contribution in [3.8, 4) is 11.4 Å². The first-order chi connectivity index (χ1) is 8.22. The van der Waals surface area contributed by atoms with Gasteiger partial charge in [-0.1, -0.05) is 12.1 Å². The van der Waals surface area contributed by atoms with E-state index >= 15 is 0 Å². The Kier molecular flexibility index (Phi) is 4.30. The van der Waals surface area contributed by atoms with Crippen LogP contribution in [0.2, 0.25) is 0 Å². The maximum atomic E-state index is 5.21. The summed E-state index contributed by atoms with van der Waals surface area (Å²) in [6, 6.07) is 8.16. The molecule has 0 radical (unpaired) electrons. The van der Waals surface area contributed by atoms with E-state index in [1.165, 1.54) is 3.57 Å².